The zero-order valence-corrected chi connectivity index (χ0v) is 21.8. The summed E-state index contributed by atoms with van der Waals surface area (Å²) in [6.07, 6.45) is 0.669. The van der Waals surface area contributed by atoms with Crippen molar-refractivity contribution in [2.45, 2.75) is 25.5 Å². The number of amides is 1. The SMILES string of the molecule is COc1cc([C@@H]2/C(=C(\O)c3ccc4c(c3)C[C@H](C)O4)C(=O)C(=O)N2c2nc3ccc(Cl)cc3s2)ccc1O. The number of hydrogen-bond acceptors (Lipinski definition) is 8. The van der Waals surface area contributed by atoms with Crippen molar-refractivity contribution in [3.05, 3.63) is 81.9 Å². The van der Waals surface area contributed by atoms with Crippen LogP contribution in [0.1, 0.15) is 29.7 Å². The molecular weight excluding hydrogens is 528 g/mol. The van der Waals surface area contributed by atoms with Crippen molar-refractivity contribution < 1.29 is 29.3 Å². The van der Waals surface area contributed by atoms with Crippen molar-refractivity contribution in [1.82, 2.24) is 4.98 Å². The van der Waals surface area contributed by atoms with Crippen LogP contribution in [0.3, 0.4) is 0 Å². The van der Waals surface area contributed by atoms with Crippen LogP contribution in [0.4, 0.5) is 5.13 Å². The van der Waals surface area contributed by atoms with E-state index in [0.717, 1.165) is 16.0 Å². The summed E-state index contributed by atoms with van der Waals surface area (Å²) >= 11 is 7.36. The molecule has 2 aliphatic heterocycles. The number of hydrogen-bond donors (Lipinski definition) is 2. The largest absolute Gasteiger partial charge is 0.507 e. The summed E-state index contributed by atoms with van der Waals surface area (Å²) < 4.78 is 11.8. The topological polar surface area (TPSA) is 109 Å². The van der Waals surface area contributed by atoms with Crippen molar-refractivity contribution in [3.63, 3.8) is 0 Å². The molecule has 10 heteroatoms. The lowest BCUT2D eigenvalue weighted by atomic mass is 9.94. The van der Waals surface area contributed by atoms with Gasteiger partial charge in [0.15, 0.2) is 16.6 Å². The minimum atomic E-state index is -1.02. The summed E-state index contributed by atoms with van der Waals surface area (Å²) in [5.41, 5.74) is 2.28. The molecule has 1 aromatic heterocycles. The maximum absolute atomic E-state index is 13.5. The predicted molar refractivity (Wildman–Crippen MR) is 144 cm³/mol. The molecule has 0 saturated carbocycles. The van der Waals surface area contributed by atoms with Gasteiger partial charge in [-0.1, -0.05) is 29.0 Å². The molecule has 0 spiro atoms. The molecule has 192 valence electrons. The Labute approximate surface area is 226 Å². The second kappa shape index (κ2) is 9.04. The molecular formula is C28H21ClN2O6S. The molecule has 0 aliphatic carbocycles. The number of Topliss-reactive ketones (excluding diaryl/α,β-unsaturated/α-hetero) is 1. The number of rotatable bonds is 4. The highest BCUT2D eigenvalue weighted by molar-refractivity contribution is 7.22. The number of benzene rings is 3. The molecule has 38 heavy (non-hydrogen) atoms. The number of methoxy groups -OCH3 is 1. The highest BCUT2D eigenvalue weighted by Gasteiger charge is 2.48. The minimum Gasteiger partial charge on any atom is -0.507 e. The van der Waals surface area contributed by atoms with Crippen LogP contribution in [-0.2, 0) is 16.0 Å². The summed E-state index contributed by atoms with van der Waals surface area (Å²) in [7, 11) is 1.40. The van der Waals surface area contributed by atoms with Crippen LogP contribution in [0.5, 0.6) is 17.2 Å². The van der Waals surface area contributed by atoms with Gasteiger partial charge in [0, 0.05) is 17.0 Å². The number of thiazole rings is 1. The van der Waals surface area contributed by atoms with E-state index in [4.69, 9.17) is 21.1 Å². The van der Waals surface area contributed by atoms with E-state index in [0.29, 0.717) is 28.1 Å². The summed E-state index contributed by atoms with van der Waals surface area (Å²) in [5, 5.41) is 22.5. The minimum absolute atomic E-state index is 0.00461. The number of carbonyl (C=O) groups excluding carboxylic acids is 2. The van der Waals surface area contributed by atoms with Gasteiger partial charge in [-0.25, -0.2) is 4.98 Å². The third kappa shape index (κ3) is 3.86. The average Bonchev–Trinajstić information content (AvgIpc) is 3.56. The Bertz CT molecular complexity index is 1680. The molecule has 2 atom stereocenters. The van der Waals surface area contributed by atoms with Gasteiger partial charge in [0.2, 0.25) is 0 Å². The molecule has 4 aromatic rings. The maximum Gasteiger partial charge on any atom is 0.301 e. The van der Waals surface area contributed by atoms with E-state index in [1.165, 1.54) is 35.5 Å². The summed E-state index contributed by atoms with van der Waals surface area (Å²) in [4.78, 5) is 32.9. The van der Waals surface area contributed by atoms with Crippen molar-refractivity contribution in [2.24, 2.45) is 0 Å². The van der Waals surface area contributed by atoms with E-state index in [9.17, 15) is 19.8 Å². The van der Waals surface area contributed by atoms with E-state index in [-0.39, 0.29) is 34.1 Å². The Morgan fingerprint density at radius 3 is 2.76 bits per heavy atom. The van der Waals surface area contributed by atoms with Gasteiger partial charge >= 0.3 is 5.91 Å². The van der Waals surface area contributed by atoms with Crippen LogP contribution >= 0.6 is 22.9 Å². The zero-order valence-electron chi connectivity index (χ0n) is 20.3. The van der Waals surface area contributed by atoms with E-state index >= 15 is 0 Å². The third-order valence-electron chi connectivity index (χ3n) is 6.68. The molecule has 1 saturated heterocycles. The van der Waals surface area contributed by atoms with Gasteiger partial charge in [-0.05, 0) is 66.6 Å². The zero-order chi connectivity index (χ0) is 26.7. The van der Waals surface area contributed by atoms with Gasteiger partial charge in [-0.2, -0.15) is 0 Å². The lowest BCUT2D eigenvalue weighted by Gasteiger charge is -2.23. The second-order valence-electron chi connectivity index (χ2n) is 9.16. The number of phenolic OH excluding ortho intramolecular Hbond substituents is 1. The first-order valence-corrected chi connectivity index (χ1v) is 13.0. The molecule has 0 unspecified atom stereocenters. The normalized spacial score (nSPS) is 20.1. The van der Waals surface area contributed by atoms with Gasteiger partial charge < -0.3 is 19.7 Å². The predicted octanol–water partition coefficient (Wildman–Crippen LogP) is 5.61. The quantitative estimate of drug-likeness (QED) is 0.194. The van der Waals surface area contributed by atoms with E-state index in [1.807, 2.05) is 6.92 Å². The fourth-order valence-corrected chi connectivity index (χ4v) is 6.19. The molecule has 2 aliphatic rings. The Morgan fingerprint density at radius 1 is 1.16 bits per heavy atom. The Hall–Kier alpha value is -4.08. The smallest absolute Gasteiger partial charge is 0.301 e. The van der Waals surface area contributed by atoms with Crippen LogP contribution in [0.15, 0.2) is 60.2 Å². The van der Waals surface area contributed by atoms with Gasteiger partial charge in [0.05, 0.1) is 28.9 Å². The Morgan fingerprint density at radius 2 is 1.97 bits per heavy atom. The third-order valence-corrected chi connectivity index (χ3v) is 7.93. The average molecular weight is 549 g/mol. The Kier molecular flexibility index (Phi) is 5.77. The summed E-state index contributed by atoms with van der Waals surface area (Å²) in [6, 6.07) is 13.9. The number of nitrogens with zero attached hydrogens (tertiary/aromatic N) is 2. The number of fused-ring (bicyclic) bond motifs is 2. The van der Waals surface area contributed by atoms with E-state index in [1.54, 1.807) is 42.5 Å². The molecule has 1 amide bonds. The molecule has 2 N–H and O–H groups in total. The molecule has 0 radical (unpaired) electrons. The number of halogens is 1. The van der Waals surface area contributed by atoms with Crippen LogP contribution in [-0.4, -0.2) is 40.1 Å². The van der Waals surface area contributed by atoms with Crippen molar-refractivity contribution in [3.8, 4) is 17.2 Å². The lowest BCUT2D eigenvalue weighted by Crippen LogP contribution is -2.29. The lowest BCUT2D eigenvalue weighted by molar-refractivity contribution is -0.132. The number of ether oxygens (including phenoxy) is 2. The number of anilines is 1. The fourth-order valence-electron chi connectivity index (χ4n) is 4.92. The van der Waals surface area contributed by atoms with Crippen molar-refractivity contribution in [1.29, 1.82) is 0 Å². The number of aliphatic hydroxyl groups excluding tert-OH is 1. The molecule has 3 aromatic carbocycles. The van der Waals surface area contributed by atoms with Crippen LogP contribution in [0, 0.1) is 0 Å². The molecule has 3 heterocycles. The van der Waals surface area contributed by atoms with Gasteiger partial charge in [0.25, 0.3) is 5.78 Å². The van der Waals surface area contributed by atoms with E-state index in [2.05, 4.69) is 4.98 Å². The van der Waals surface area contributed by atoms with Gasteiger partial charge in [-0.15, -0.1) is 0 Å². The number of ketones is 1. The second-order valence-corrected chi connectivity index (χ2v) is 10.6. The van der Waals surface area contributed by atoms with E-state index < -0.39 is 17.7 Å². The fraction of sp³-hybridized carbons (Fsp3) is 0.179. The molecule has 0 bridgehead atoms. The van der Waals surface area contributed by atoms with Crippen molar-refractivity contribution in [2.75, 3.05) is 12.0 Å². The monoisotopic (exact) mass is 548 g/mol. The molecule has 1 fully saturated rings. The number of carbonyl (C=O) groups is 2. The maximum atomic E-state index is 13.5. The number of phenols is 1. The number of aliphatic hydroxyl groups is 1. The van der Waals surface area contributed by atoms with Crippen molar-refractivity contribution >= 4 is 55.7 Å². The standard InChI is InChI=1S/C28H21ClN2O6S/c1-13-9-16-10-15(4-8-20(16)37-13)25(33)23-24(14-3-7-19(32)21(11-14)36-2)31(27(35)26(23)34)28-30-18-6-5-17(29)12-22(18)38-28/h3-8,10-13,24,32-33H,9H2,1-2H3/b25-23+/t13-,24+/m0/s1. The van der Waals surface area contributed by atoms with Crippen LogP contribution < -0.4 is 14.4 Å². The molecule has 8 nitrogen and oxygen atoms in total. The molecule has 6 rings (SSSR count). The van der Waals surface area contributed by atoms with Crippen LogP contribution in [0.2, 0.25) is 5.02 Å². The first kappa shape index (κ1) is 24.3. The summed E-state index contributed by atoms with van der Waals surface area (Å²) in [5.74, 6) is -1.20. The number of aromatic nitrogens is 1. The number of aromatic hydroxyl groups is 1. The highest BCUT2D eigenvalue weighted by atomic mass is 35.5. The highest BCUT2D eigenvalue weighted by Crippen LogP contribution is 2.46. The van der Waals surface area contributed by atoms with Gasteiger partial charge in [-0.3, -0.25) is 14.5 Å². The first-order chi connectivity index (χ1) is 18.2. The summed E-state index contributed by atoms with van der Waals surface area (Å²) in [6.45, 7) is 1.95. The Balaban J connectivity index is 1.55. The first-order valence-electron chi connectivity index (χ1n) is 11.8. The van der Waals surface area contributed by atoms with Crippen LogP contribution in [0.25, 0.3) is 16.0 Å². The van der Waals surface area contributed by atoms with Gasteiger partial charge in [0.1, 0.15) is 17.6 Å².